The number of ether oxygens (including phenoxy) is 1. The van der Waals surface area contributed by atoms with Gasteiger partial charge in [-0.05, 0) is 42.5 Å². The van der Waals surface area contributed by atoms with E-state index in [1.807, 2.05) is 0 Å². The maximum atomic E-state index is 12.5. The molecule has 1 unspecified atom stereocenters. The predicted molar refractivity (Wildman–Crippen MR) is 98.5 cm³/mol. The molecular formula is C18H16Cl2N2O3. The summed E-state index contributed by atoms with van der Waals surface area (Å²) in [5.74, 6) is -0.0623. The lowest BCUT2D eigenvalue weighted by Crippen LogP contribution is -2.28. The number of hydrogen-bond donors (Lipinski definition) is 1. The van der Waals surface area contributed by atoms with Gasteiger partial charge >= 0.3 is 0 Å². The molecule has 2 amide bonds. The molecule has 3 rings (SSSR count). The van der Waals surface area contributed by atoms with Gasteiger partial charge in [-0.2, -0.15) is 0 Å². The van der Waals surface area contributed by atoms with Gasteiger partial charge in [-0.25, -0.2) is 0 Å². The first-order chi connectivity index (χ1) is 12.0. The summed E-state index contributed by atoms with van der Waals surface area (Å²) in [7, 11) is 1.58. The third kappa shape index (κ3) is 4.06. The van der Waals surface area contributed by atoms with Crippen molar-refractivity contribution in [3.63, 3.8) is 0 Å². The standard InChI is InChI=1S/C18H16Cl2N2O3/c1-25-16-4-2-14(3-5-16)21-18(24)11-6-17(23)22(10-11)15-8-12(19)7-13(20)9-15/h2-5,7-9,11H,6,10H2,1H3,(H,21,24). The molecule has 0 saturated carbocycles. The van der Waals surface area contributed by atoms with Gasteiger partial charge in [0.1, 0.15) is 5.75 Å². The van der Waals surface area contributed by atoms with Crippen LogP contribution in [0.25, 0.3) is 0 Å². The Morgan fingerprint density at radius 1 is 1.16 bits per heavy atom. The second kappa shape index (κ2) is 7.33. The fourth-order valence-electron chi connectivity index (χ4n) is 2.75. The van der Waals surface area contributed by atoms with Crippen LogP contribution < -0.4 is 15.0 Å². The number of halogens is 2. The van der Waals surface area contributed by atoms with Crippen LogP contribution in [0, 0.1) is 5.92 Å². The zero-order valence-corrected chi connectivity index (χ0v) is 15.0. The molecule has 1 N–H and O–H groups in total. The average molecular weight is 379 g/mol. The lowest BCUT2D eigenvalue weighted by atomic mass is 10.1. The van der Waals surface area contributed by atoms with Crippen molar-refractivity contribution in [2.24, 2.45) is 5.92 Å². The van der Waals surface area contributed by atoms with E-state index >= 15 is 0 Å². The van der Waals surface area contributed by atoms with Crippen molar-refractivity contribution < 1.29 is 14.3 Å². The summed E-state index contributed by atoms with van der Waals surface area (Å²) in [6.07, 6.45) is 0.145. The molecular weight excluding hydrogens is 363 g/mol. The molecule has 25 heavy (non-hydrogen) atoms. The number of nitrogens with one attached hydrogen (secondary N) is 1. The van der Waals surface area contributed by atoms with Crippen LogP contribution in [0.5, 0.6) is 5.75 Å². The van der Waals surface area contributed by atoms with Crippen molar-refractivity contribution in [2.45, 2.75) is 6.42 Å². The highest BCUT2D eigenvalue weighted by Crippen LogP contribution is 2.30. The number of carbonyl (C=O) groups is 2. The van der Waals surface area contributed by atoms with E-state index in [9.17, 15) is 9.59 Å². The Morgan fingerprint density at radius 3 is 2.40 bits per heavy atom. The molecule has 7 heteroatoms. The molecule has 1 saturated heterocycles. The lowest BCUT2D eigenvalue weighted by Gasteiger charge is -2.17. The Labute approximate surface area is 155 Å². The van der Waals surface area contributed by atoms with E-state index in [2.05, 4.69) is 5.32 Å². The molecule has 1 aliphatic heterocycles. The van der Waals surface area contributed by atoms with Gasteiger partial charge in [-0.3, -0.25) is 9.59 Å². The van der Waals surface area contributed by atoms with Crippen LogP contribution >= 0.6 is 23.2 Å². The molecule has 130 valence electrons. The third-order valence-corrected chi connectivity index (χ3v) is 4.45. The maximum absolute atomic E-state index is 12.5. The van der Waals surface area contributed by atoms with Crippen LogP contribution in [0.2, 0.25) is 10.0 Å². The summed E-state index contributed by atoms with van der Waals surface area (Å²) in [5, 5.41) is 3.72. The first kappa shape index (κ1) is 17.6. The van der Waals surface area contributed by atoms with E-state index in [1.165, 1.54) is 4.90 Å². The van der Waals surface area contributed by atoms with Crippen LogP contribution in [-0.4, -0.2) is 25.5 Å². The topological polar surface area (TPSA) is 58.6 Å². The summed E-state index contributed by atoms with van der Waals surface area (Å²) in [4.78, 5) is 26.3. The van der Waals surface area contributed by atoms with Crippen LogP contribution in [0.1, 0.15) is 6.42 Å². The number of hydrogen-bond acceptors (Lipinski definition) is 3. The second-order valence-electron chi connectivity index (χ2n) is 5.75. The van der Waals surface area contributed by atoms with Crippen molar-refractivity contribution in [3.8, 4) is 5.75 Å². The molecule has 0 aliphatic carbocycles. The molecule has 0 radical (unpaired) electrons. The molecule has 0 spiro atoms. The van der Waals surface area contributed by atoms with Gasteiger partial charge in [0.05, 0.1) is 13.0 Å². The van der Waals surface area contributed by atoms with Gasteiger partial charge in [0.25, 0.3) is 0 Å². The largest absolute Gasteiger partial charge is 0.497 e. The van der Waals surface area contributed by atoms with E-state index in [4.69, 9.17) is 27.9 Å². The van der Waals surface area contributed by atoms with Gasteiger partial charge in [-0.15, -0.1) is 0 Å². The van der Waals surface area contributed by atoms with E-state index in [0.29, 0.717) is 27.2 Å². The van der Waals surface area contributed by atoms with E-state index in [-0.39, 0.29) is 24.8 Å². The van der Waals surface area contributed by atoms with Gasteiger partial charge in [0.2, 0.25) is 11.8 Å². The van der Waals surface area contributed by atoms with Crippen molar-refractivity contribution in [1.82, 2.24) is 0 Å². The number of carbonyl (C=O) groups excluding carboxylic acids is 2. The highest BCUT2D eigenvalue weighted by molar-refractivity contribution is 6.35. The monoisotopic (exact) mass is 378 g/mol. The second-order valence-corrected chi connectivity index (χ2v) is 6.62. The zero-order chi connectivity index (χ0) is 18.0. The molecule has 1 atom stereocenters. The number of anilines is 2. The van der Waals surface area contributed by atoms with Gasteiger partial charge in [-0.1, -0.05) is 23.2 Å². The molecule has 0 bridgehead atoms. The minimum atomic E-state index is -0.438. The first-order valence-electron chi connectivity index (χ1n) is 7.67. The molecule has 1 heterocycles. The van der Waals surface area contributed by atoms with Crippen molar-refractivity contribution in [2.75, 3.05) is 23.9 Å². The summed E-state index contributed by atoms with van der Waals surface area (Å²) in [6, 6.07) is 11.9. The van der Waals surface area contributed by atoms with Crippen molar-refractivity contribution >= 4 is 46.4 Å². The zero-order valence-electron chi connectivity index (χ0n) is 13.5. The Bertz CT molecular complexity index is 788. The van der Waals surface area contributed by atoms with Gasteiger partial charge in [0, 0.05) is 34.4 Å². The summed E-state index contributed by atoms with van der Waals surface area (Å²) < 4.78 is 5.08. The number of nitrogens with zero attached hydrogens (tertiary/aromatic N) is 1. The minimum Gasteiger partial charge on any atom is -0.497 e. The average Bonchev–Trinajstić information content (AvgIpc) is 2.97. The molecule has 2 aromatic carbocycles. The number of rotatable bonds is 4. The van der Waals surface area contributed by atoms with Crippen molar-refractivity contribution in [3.05, 3.63) is 52.5 Å². The number of benzene rings is 2. The third-order valence-electron chi connectivity index (χ3n) is 4.01. The van der Waals surface area contributed by atoms with Crippen LogP contribution in [0.4, 0.5) is 11.4 Å². The fourth-order valence-corrected chi connectivity index (χ4v) is 3.26. The van der Waals surface area contributed by atoms with Crippen molar-refractivity contribution in [1.29, 1.82) is 0 Å². The Morgan fingerprint density at radius 2 is 1.80 bits per heavy atom. The Kier molecular flexibility index (Phi) is 5.16. The molecule has 0 aromatic heterocycles. The quantitative estimate of drug-likeness (QED) is 0.874. The van der Waals surface area contributed by atoms with Gasteiger partial charge in [0.15, 0.2) is 0 Å². The van der Waals surface area contributed by atoms with E-state index < -0.39 is 5.92 Å². The van der Waals surface area contributed by atoms with E-state index in [0.717, 1.165) is 0 Å². The van der Waals surface area contributed by atoms with Crippen LogP contribution in [0.15, 0.2) is 42.5 Å². The summed E-state index contributed by atoms with van der Waals surface area (Å²) >= 11 is 12.0. The minimum absolute atomic E-state index is 0.131. The fraction of sp³-hybridized carbons (Fsp3) is 0.222. The SMILES string of the molecule is COc1ccc(NC(=O)C2CC(=O)N(c3cc(Cl)cc(Cl)c3)C2)cc1. The van der Waals surface area contributed by atoms with Crippen LogP contribution in [-0.2, 0) is 9.59 Å². The smallest absolute Gasteiger partial charge is 0.229 e. The molecule has 1 fully saturated rings. The lowest BCUT2D eigenvalue weighted by molar-refractivity contribution is -0.122. The molecule has 1 aliphatic rings. The normalized spacial score (nSPS) is 16.8. The maximum Gasteiger partial charge on any atom is 0.229 e. The van der Waals surface area contributed by atoms with Gasteiger partial charge < -0.3 is 15.0 Å². The first-order valence-corrected chi connectivity index (χ1v) is 8.43. The highest BCUT2D eigenvalue weighted by Gasteiger charge is 2.35. The predicted octanol–water partition coefficient (Wildman–Crippen LogP) is 3.99. The van der Waals surface area contributed by atoms with E-state index in [1.54, 1.807) is 49.6 Å². The Hall–Kier alpha value is -2.24. The number of amides is 2. The van der Waals surface area contributed by atoms with Crippen LogP contribution in [0.3, 0.4) is 0 Å². The highest BCUT2D eigenvalue weighted by atomic mass is 35.5. The summed E-state index contributed by atoms with van der Waals surface area (Å²) in [6.45, 7) is 0.289. The molecule has 2 aromatic rings. The molecule has 5 nitrogen and oxygen atoms in total. The Balaban J connectivity index is 1.69. The summed E-state index contributed by atoms with van der Waals surface area (Å²) in [5.41, 5.74) is 1.25. The number of methoxy groups -OCH3 is 1.